The van der Waals surface area contributed by atoms with Gasteiger partial charge in [-0.25, -0.2) is 0 Å². The number of aryl methyl sites for hydroxylation is 1. The summed E-state index contributed by atoms with van der Waals surface area (Å²) in [6.45, 7) is 8.30. The lowest BCUT2D eigenvalue weighted by Gasteiger charge is -2.14. The van der Waals surface area contributed by atoms with Crippen LogP contribution in [0.2, 0.25) is 5.02 Å². The first-order valence-electron chi connectivity index (χ1n) is 7.22. The van der Waals surface area contributed by atoms with Crippen molar-refractivity contribution < 1.29 is 4.74 Å². The van der Waals surface area contributed by atoms with Gasteiger partial charge in [-0.2, -0.15) is 0 Å². The minimum Gasteiger partial charge on any atom is -0.456 e. The van der Waals surface area contributed by atoms with E-state index in [4.69, 9.17) is 22.1 Å². The number of benzene rings is 2. The molecule has 1 unspecified atom stereocenters. The Hall–Kier alpha value is -1.51. The topological polar surface area (TPSA) is 35.2 Å². The fourth-order valence-corrected chi connectivity index (χ4v) is 2.31. The molecule has 0 aliphatic heterocycles. The van der Waals surface area contributed by atoms with Crippen LogP contribution in [0.1, 0.15) is 49.4 Å². The molecule has 0 spiro atoms. The highest BCUT2D eigenvalue weighted by atomic mass is 35.5. The normalized spacial score (nSPS) is 12.5. The van der Waals surface area contributed by atoms with Crippen molar-refractivity contribution in [3.63, 3.8) is 0 Å². The molecule has 0 radical (unpaired) electrons. The minimum atomic E-state index is -0.0393. The van der Waals surface area contributed by atoms with Crippen molar-refractivity contribution >= 4 is 11.6 Å². The number of hydrogen-bond donors (Lipinski definition) is 1. The van der Waals surface area contributed by atoms with Gasteiger partial charge in [-0.15, -0.1) is 0 Å². The van der Waals surface area contributed by atoms with Crippen molar-refractivity contribution in [2.45, 2.75) is 39.7 Å². The lowest BCUT2D eigenvalue weighted by atomic mass is 10.0. The summed E-state index contributed by atoms with van der Waals surface area (Å²) in [5.41, 5.74) is 9.20. The molecule has 2 aromatic carbocycles. The van der Waals surface area contributed by atoms with E-state index in [9.17, 15) is 0 Å². The van der Waals surface area contributed by atoms with E-state index in [1.165, 1.54) is 5.56 Å². The van der Waals surface area contributed by atoms with Crippen LogP contribution in [-0.4, -0.2) is 0 Å². The van der Waals surface area contributed by atoms with Gasteiger partial charge in [0, 0.05) is 6.04 Å². The van der Waals surface area contributed by atoms with Crippen LogP contribution in [0.4, 0.5) is 0 Å². The van der Waals surface area contributed by atoms with Gasteiger partial charge in [0.15, 0.2) is 0 Å². The number of halogens is 1. The number of ether oxygens (including phenoxy) is 1. The van der Waals surface area contributed by atoms with Gasteiger partial charge in [0.1, 0.15) is 11.5 Å². The molecule has 2 aromatic rings. The summed E-state index contributed by atoms with van der Waals surface area (Å²) in [7, 11) is 0. The van der Waals surface area contributed by atoms with Crippen molar-refractivity contribution in [3.8, 4) is 11.5 Å². The molecule has 2 nitrogen and oxygen atoms in total. The van der Waals surface area contributed by atoms with Crippen LogP contribution in [0.15, 0.2) is 36.4 Å². The van der Waals surface area contributed by atoms with Crippen LogP contribution in [-0.2, 0) is 0 Å². The maximum Gasteiger partial charge on any atom is 0.146 e. The van der Waals surface area contributed by atoms with Gasteiger partial charge in [0.25, 0.3) is 0 Å². The Morgan fingerprint density at radius 1 is 0.952 bits per heavy atom. The molecule has 1 atom stereocenters. The Kier molecular flexibility index (Phi) is 4.92. The van der Waals surface area contributed by atoms with Gasteiger partial charge in [-0.05, 0) is 54.7 Å². The molecule has 0 heterocycles. The summed E-state index contributed by atoms with van der Waals surface area (Å²) in [6.07, 6.45) is 0. The number of hydrogen-bond acceptors (Lipinski definition) is 2. The average Bonchev–Trinajstić information content (AvgIpc) is 2.42. The van der Waals surface area contributed by atoms with Gasteiger partial charge < -0.3 is 10.5 Å². The minimum absolute atomic E-state index is 0.0393. The second-order valence-corrected chi connectivity index (χ2v) is 6.17. The lowest BCUT2D eigenvalue weighted by molar-refractivity contribution is 0.477. The summed E-state index contributed by atoms with van der Waals surface area (Å²) in [6, 6.07) is 11.9. The van der Waals surface area contributed by atoms with Crippen molar-refractivity contribution in [3.05, 3.63) is 58.1 Å². The van der Waals surface area contributed by atoms with E-state index < -0.39 is 0 Å². The predicted molar refractivity (Wildman–Crippen MR) is 89.4 cm³/mol. The molecule has 0 fully saturated rings. The third kappa shape index (κ3) is 3.78. The van der Waals surface area contributed by atoms with Crippen molar-refractivity contribution in [1.82, 2.24) is 0 Å². The summed E-state index contributed by atoms with van der Waals surface area (Å²) >= 11 is 6.30. The zero-order valence-electron chi connectivity index (χ0n) is 13.0. The van der Waals surface area contributed by atoms with E-state index in [0.29, 0.717) is 16.7 Å². The molecule has 2 rings (SSSR count). The van der Waals surface area contributed by atoms with Gasteiger partial charge >= 0.3 is 0 Å². The quantitative estimate of drug-likeness (QED) is 0.799. The first kappa shape index (κ1) is 15.9. The fraction of sp³-hybridized carbons (Fsp3) is 0.333. The van der Waals surface area contributed by atoms with Gasteiger partial charge in [0.05, 0.1) is 5.02 Å². The van der Waals surface area contributed by atoms with E-state index >= 15 is 0 Å². The van der Waals surface area contributed by atoms with Crippen LogP contribution in [0, 0.1) is 6.92 Å². The standard InChI is InChI=1S/C18H22ClNO/c1-11(2)14-6-5-12(3)18(10-14)21-17-8-7-15(13(4)20)9-16(17)19/h5-11,13H,20H2,1-4H3. The van der Waals surface area contributed by atoms with Crippen molar-refractivity contribution in [2.75, 3.05) is 0 Å². The summed E-state index contributed by atoms with van der Waals surface area (Å²) in [5.74, 6) is 1.96. The van der Waals surface area contributed by atoms with Gasteiger partial charge in [0.2, 0.25) is 0 Å². The van der Waals surface area contributed by atoms with Gasteiger partial charge in [-0.1, -0.05) is 43.6 Å². The molecule has 0 amide bonds. The second kappa shape index (κ2) is 6.50. The maximum absolute atomic E-state index is 6.30. The second-order valence-electron chi connectivity index (χ2n) is 5.76. The Bertz CT molecular complexity index is 635. The molecule has 2 N–H and O–H groups in total. The summed E-state index contributed by atoms with van der Waals surface area (Å²) in [4.78, 5) is 0. The van der Waals surface area contributed by atoms with E-state index in [-0.39, 0.29) is 6.04 Å². The fourth-order valence-electron chi connectivity index (χ4n) is 2.09. The lowest BCUT2D eigenvalue weighted by Crippen LogP contribution is -2.04. The predicted octanol–water partition coefficient (Wildman–Crippen LogP) is 5.58. The number of rotatable bonds is 4. The molecule has 112 valence electrons. The Balaban J connectivity index is 2.32. The van der Waals surface area contributed by atoms with E-state index in [0.717, 1.165) is 16.9 Å². The average molecular weight is 304 g/mol. The summed E-state index contributed by atoms with van der Waals surface area (Å²) in [5, 5.41) is 0.583. The highest BCUT2D eigenvalue weighted by molar-refractivity contribution is 6.32. The summed E-state index contributed by atoms with van der Waals surface area (Å²) < 4.78 is 5.99. The largest absolute Gasteiger partial charge is 0.456 e. The van der Waals surface area contributed by atoms with E-state index in [1.54, 1.807) is 0 Å². The van der Waals surface area contributed by atoms with E-state index in [1.807, 2.05) is 32.0 Å². The molecule has 21 heavy (non-hydrogen) atoms. The van der Waals surface area contributed by atoms with Crippen LogP contribution in [0.3, 0.4) is 0 Å². The Labute approximate surface area is 131 Å². The molecule has 0 saturated carbocycles. The molecule has 3 heteroatoms. The monoisotopic (exact) mass is 303 g/mol. The zero-order valence-corrected chi connectivity index (χ0v) is 13.7. The van der Waals surface area contributed by atoms with Crippen molar-refractivity contribution in [2.24, 2.45) is 5.73 Å². The molecule has 0 aliphatic carbocycles. The third-order valence-electron chi connectivity index (χ3n) is 3.58. The Morgan fingerprint density at radius 2 is 1.62 bits per heavy atom. The molecule has 0 aliphatic rings. The smallest absolute Gasteiger partial charge is 0.146 e. The highest BCUT2D eigenvalue weighted by Gasteiger charge is 2.10. The molecule has 0 aromatic heterocycles. The molecule has 0 saturated heterocycles. The van der Waals surface area contributed by atoms with Crippen LogP contribution in [0.25, 0.3) is 0 Å². The van der Waals surface area contributed by atoms with Crippen molar-refractivity contribution in [1.29, 1.82) is 0 Å². The maximum atomic E-state index is 6.30. The Morgan fingerprint density at radius 3 is 2.19 bits per heavy atom. The molecule has 0 bridgehead atoms. The van der Waals surface area contributed by atoms with Gasteiger partial charge in [-0.3, -0.25) is 0 Å². The van der Waals surface area contributed by atoms with Crippen LogP contribution >= 0.6 is 11.6 Å². The molecular formula is C18H22ClNO. The number of nitrogens with two attached hydrogens (primary N) is 1. The third-order valence-corrected chi connectivity index (χ3v) is 3.88. The van der Waals surface area contributed by atoms with Crippen LogP contribution in [0.5, 0.6) is 11.5 Å². The molecular weight excluding hydrogens is 282 g/mol. The van der Waals surface area contributed by atoms with E-state index in [2.05, 4.69) is 32.0 Å². The first-order valence-corrected chi connectivity index (χ1v) is 7.59. The first-order chi connectivity index (χ1) is 9.88. The van der Waals surface area contributed by atoms with Crippen LogP contribution < -0.4 is 10.5 Å². The SMILES string of the molecule is Cc1ccc(C(C)C)cc1Oc1ccc(C(C)N)cc1Cl. The zero-order chi connectivity index (χ0) is 15.6. The highest BCUT2D eigenvalue weighted by Crippen LogP contribution is 2.34.